The van der Waals surface area contributed by atoms with Crippen LogP contribution in [0.2, 0.25) is 0 Å². The summed E-state index contributed by atoms with van der Waals surface area (Å²) in [5, 5.41) is 24.0. The molecule has 0 unspecified atom stereocenters. The normalized spacial score (nSPS) is 10.8. The zero-order valence-corrected chi connectivity index (χ0v) is 35.6. The van der Waals surface area contributed by atoms with Crippen LogP contribution in [0.1, 0.15) is 0 Å². The minimum Gasteiger partial charge on any atom is -0.0623 e. The number of hydrogen-bond donors (Lipinski definition) is 0. The summed E-state index contributed by atoms with van der Waals surface area (Å²) in [6.07, 6.45) is 0. The van der Waals surface area contributed by atoms with Crippen molar-refractivity contribution < 1.29 is 0 Å². The molecule has 14 aromatic carbocycles. The second-order valence-electron chi connectivity index (χ2n) is 16.0. The van der Waals surface area contributed by atoms with Crippen LogP contribution in [0.4, 0.5) is 0 Å². The summed E-state index contributed by atoms with van der Waals surface area (Å²) in [6, 6.07) is 98.0. The van der Waals surface area contributed by atoms with Crippen LogP contribution >= 0.6 is 0 Å². The molecule has 0 radical (unpaired) electrons. The minimum atomic E-state index is 1.31. The summed E-state index contributed by atoms with van der Waals surface area (Å²) in [6.45, 7) is 0. The van der Waals surface area contributed by atoms with Gasteiger partial charge < -0.3 is 0 Å². The lowest BCUT2D eigenvalue weighted by atomic mass is 9.95. The summed E-state index contributed by atoms with van der Waals surface area (Å²) in [5.41, 5.74) is 0. The smallest absolute Gasteiger partial charge is 0.00268 e. The highest BCUT2D eigenvalue weighted by molar-refractivity contribution is 6.25. The summed E-state index contributed by atoms with van der Waals surface area (Å²) >= 11 is 0. The lowest BCUT2D eigenvalue weighted by Crippen LogP contribution is -1.82. The molecule has 0 heterocycles. The van der Waals surface area contributed by atoms with Crippen LogP contribution in [0.5, 0.6) is 0 Å². The zero-order valence-electron chi connectivity index (χ0n) is 35.6. The molecule has 14 aromatic rings. The Kier molecular flexibility index (Phi) is 11.7. The molecule has 0 aromatic heterocycles. The Morgan fingerprint density at radius 1 is 0.125 bits per heavy atom. The molecule has 0 nitrogen and oxygen atoms in total. The summed E-state index contributed by atoms with van der Waals surface area (Å²) in [7, 11) is 0. The maximum atomic E-state index is 2.24. The van der Waals surface area contributed by atoms with E-state index in [1.54, 1.807) is 0 Å². The van der Waals surface area contributed by atoms with Crippen molar-refractivity contribution in [3.05, 3.63) is 279 Å². The molecule has 0 bridgehead atoms. The van der Waals surface area contributed by atoms with Crippen LogP contribution in [0.25, 0.3) is 97.0 Å². The number of rotatable bonds is 0. The summed E-state index contributed by atoms with van der Waals surface area (Å²) in [5.74, 6) is 0. The molecule has 0 fully saturated rings. The maximum Gasteiger partial charge on any atom is -0.00268 e. The van der Waals surface area contributed by atoms with Crippen molar-refractivity contribution in [3.8, 4) is 0 Å². The average molecular weight is 815 g/mol. The van der Waals surface area contributed by atoms with E-state index in [1.807, 2.05) is 36.4 Å². The maximum absolute atomic E-state index is 2.24. The van der Waals surface area contributed by atoms with Crippen molar-refractivity contribution in [3.63, 3.8) is 0 Å². The van der Waals surface area contributed by atoms with E-state index in [1.165, 1.54) is 97.0 Å². The fourth-order valence-electron chi connectivity index (χ4n) is 8.93. The number of hydrogen-bond acceptors (Lipinski definition) is 0. The fourth-order valence-corrected chi connectivity index (χ4v) is 8.93. The Morgan fingerprint density at radius 2 is 0.312 bits per heavy atom. The van der Waals surface area contributed by atoms with Crippen LogP contribution in [0, 0.1) is 0 Å². The van der Waals surface area contributed by atoms with Gasteiger partial charge in [0, 0.05) is 0 Å². The van der Waals surface area contributed by atoms with Gasteiger partial charge in [0.2, 0.25) is 0 Å². The summed E-state index contributed by atoms with van der Waals surface area (Å²) in [4.78, 5) is 0. The molecule has 0 saturated heterocycles. The van der Waals surface area contributed by atoms with E-state index >= 15 is 0 Å². The third-order valence-corrected chi connectivity index (χ3v) is 12.0. The Morgan fingerprint density at radius 3 is 0.547 bits per heavy atom. The molecule has 14 rings (SSSR count). The molecule has 302 valence electrons. The van der Waals surface area contributed by atoms with E-state index in [2.05, 4.69) is 243 Å². The second kappa shape index (κ2) is 18.7. The predicted molar refractivity (Wildman–Crippen MR) is 281 cm³/mol. The Hall–Kier alpha value is -8.32. The van der Waals surface area contributed by atoms with Crippen molar-refractivity contribution in [2.24, 2.45) is 0 Å². The monoisotopic (exact) mass is 814 g/mol. The largest absolute Gasteiger partial charge is 0.0623 e. The van der Waals surface area contributed by atoms with Gasteiger partial charge in [0.25, 0.3) is 0 Å². The first-order valence-electron chi connectivity index (χ1n) is 22.0. The van der Waals surface area contributed by atoms with Gasteiger partial charge in [0.1, 0.15) is 0 Å². The van der Waals surface area contributed by atoms with E-state index < -0.39 is 0 Å². The Labute approximate surface area is 374 Å². The summed E-state index contributed by atoms with van der Waals surface area (Å²) < 4.78 is 0. The van der Waals surface area contributed by atoms with Crippen LogP contribution in [-0.2, 0) is 0 Å². The van der Waals surface area contributed by atoms with Gasteiger partial charge in [0.05, 0.1) is 0 Å². The van der Waals surface area contributed by atoms with Gasteiger partial charge in [-0.2, -0.15) is 0 Å². The molecule has 0 amide bonds. The Balaban J connectivity index is 0.0000000982. The van der Waals surface area contributed by atoms with Crippen molar-refractivity contribution in [1.29, 1.82) is 0 Å². The number of benzene rings is 14. The molecule has 64 heavy (non-hydrogen) atoms. The first-order chi connectivity index (χ1) is 31.8. The van der Waals surface area contributed by atoms with Gasteiger partial charge >= 0.3 is 0 Å². The van der Waals surface area contributed by atoms with Crippen LogP contribution in [0.15, 0.2) is 279 Å². The molecule has 0 N–H and O–H groups in total. The van der Waals surface area contributed by atoms with Crippen LogP contribution in [0.3, 0.4) is 0 Å². The minimum absolute atomic E-state index is 1.31. The lowest BCUT2D eigenvalue weighted by Gasteiger charge is -2.09. The van der Waals surface area contributed by atoms with Crippen LogP contribution < -0.4 is 0 Å². The first-order valence-corrected chi connectivity index (χ1v) is 22.0. The predicted octanol–water partition coefficient (Wildman–Crippen LogP) is 18.2. The van der Waals surface area contributed by atoms with Gasteiger partial charge in [-0.05, 0) is 109 Å². The highest BCUT2D eigenvalue weighted by Crippen LogP contribution is 2.35. The van der Waals surface area contributed by atoms with E-state index in [9.17, 15) is 0 Å². The molecule has 0 saturated carbocycles. The van der Waals surface area contributed by atoms with Gasteiger partial charge in [-0.25, -0.2) is 0 Å². The van der Waals surface area contributed by atoms with Gasteiger partial charge in [-0.15, -0.1) is 0 Å². The zero-order chi connectivity index (χ0) is 42.9. The quantitative estimate of drug-likeness (QED) is 0.106. The van der Waals surface area contributed by atoms with Crippen molar-refractivity contribution in [1.82, 2.24) is 0 Å². The third kappa shape index (κ3) is 8.46. The van der Waals surface area contributed by atoms with Crippen LogP contribution in [-0.4, -0.2) is 0 Å². The molecule has 0 spiro atoms. The molecular weight excluding hydrogens is 769 g/mol. The van der Waals surface area contributed by atoms with Crippen molar-refractivity contribution >= 4 is 97.0 Å². The van der Waals surface area contributed by atoms with E-state index in [0.717, 1.165) is 0 Å². The standard InChI is InChI=1S/C18H12.C16H10.C14H10.C10H8.C6H6/c1-2-8-14-13(7-1)15-9-3-4-11-17(15)18-12-6-5-10-16(14)18;1-3-11-7-9-13-5-2-6-14-10-8-12(4-1)15(11)16(13)14;1-2-6-12-10-14-8-4-3-7-13(14)9-11(12)5-1;1-2-6-10-8-4-3-7-9(10)5-1;1-2-4-6-5-3-1/h1-12H;1-10H;1-10H;1-8H;1-6H. The topological polar surface area (TPSA) is 0 Å². The highest BCUT2D eigenvalue weighted by Gasteiger charge is 2.07. The Bertz CT molecular complexity index is 3240. The molecule has 0 atom stereocenters. The second-order valence-corrected chi connectivity index (χ2v) is 16.0. The van der Waals surface area contributed by atoms with E-state index in [0.29, 0.717) is 0 Å². The molecular formula is C64H46. The highest BCUT2D eigenvalue weighted by atomic mass is 14.1. The third-order valence-electron chi connectivity index (χ3n) is 12.0. The first kappa shape index (κ1) is 39.8. The fraction of sp³-hybridized carbons (Fsp3) is 0. The molecule has 0 heteroatoms. The average Bonchev–Trinajstić information content (AvgIpc) is 3.39. The van der Waals surface area contributed by atoms with Crippen molar-refractivity contribution in [2.75, 3.05) is 0 Å². The molecule has 0 aliphatic heterocycles. The van der Waals surface area contributed by atoms with Crippen molar-refractivity contribution in [2.45, 2.75) is 0 Å². The number of fused-ring (bicyclic) bond motifs is 9. The van der Waals surface area contributed by atoms with Gasteiger partial charge in [-0.3, -0.25) is 0 Å². The SMILES string of the molecule is c1cc2ccc3cccc4ccc(c1)c2c34.c1ccc2c(c1)c1ccccc1c1ccccc21.c1ccc2cc3ccccc3cc2c1.c1ccc2ccccc2c1.c1ccccc1. The molecule has 0 aliphatic carbocycles. The molecule has 0 aliphatic rings. The van der Waals surface area contributed by atoms with E-state index in [4.69, 9.17) is 0 Å². The van der Waals surface area contributed by atoms with Gasteiger partial charge in [0.15, 0.2) is 0 Å². The van der Waals surface area contributed by atoms with Gasteiger partial charge in [-0.1, -0.05) is 267 Å². The van der Waals surface area contributed by atoms with E-state index in [-0.39, 0.29) is 0 Å². The lowest BCUT2D eigenvalue weighted by molar-refractivity contribution is 1.72.